The number of amides is 1. The summed E-state index contributed by atoms with van der Waals surface area (Å²) in [6.45, 7) is 0.207. The van der Waals surface area contributed by atoms with Gasteiger partial charge in [0.15, 0.2) is 9.84 Å². The Morgan fingerprint density at radius 2 is 1.81 bits per heavy atom. The molecule has 0 aliphatic heterocycles. The fourth-order valence-electron chi connectivity index (χ4n) is 2.92. The van der Waals surface area contributed by atoms with E-state index < -0.39 is 31.3 Å². The molecule has 0 spiro atoms. The number of fused-ring (bicyclic) bond motifs is 1. The number of nitro groups is 2. The predicted molar refractivity (Wildman–Crippen MR) is 112 cm³/mol. The number of H-pyrrole nitrogens is 1. The van der Waals surface area contributed by atoms with Gasteiger partial charge in [0.05, 0.1) is 20.3 Å². The smallest absolute Gasteiger partial charge is 0.293 e. The van der Waals surface area contributed by atoms with Crippen molar-refractivity contribution in [2.24, 2.45) is 0 Å². The molecule has 0 unspecified atom stereocenters. The lowest BCUT2D eigenvalue weighted by Crippen LogP contribution is -2.28. The molecule has 162 valence electrons. The number of nitrogens with zero attached hydrogens (tertiary/aromatic N) is 2. The molecule has 3 rings (SSSR count). The summed E-state index contributed by atoms with van der Waals surface area (Å²) in [5.41, 5.74) is 0.345. The maximum Gasteiger partial charge on any atom is 0.293 e. The normalized spacial score (nSPS) is 11.3. The van der Waals surface area contributed by atoms with Crippen molar-refractivity contribution >= 4 is 43.7 Å². The molecule has 0 fully saturated rings. The average Bonchev–Trinajstić information content (AvgIpc) is 3.13. The highest BCUT2D eigenvalue weighted by atomic mass is 32.2. The second-order valence-corrected chi connectivity index (χ2v) is 8.60. The van der Waals surface area contributed by atoms with Crippen molar-refractivity contribution in [3.05, 3.63) is 68.4 Å². The zero-order valence-corrected chi connectivity index (χ0v) is 16.9. The van der Waals surface area contributed by atoms with Crippen LogP contribution in [-0.2, 0) is 9.84 Å². The van der Waals surface area contributed by atoms with E-state index in [1.54, 1.807) is 0 Å². The second kappa shape index (κ2) is 8.39. The number of rotatable bonds is 8. The minimum atomic E-state index is -3.60. The van der Waals surface area contributed by atoms with Crippen molar-refractivity contribution in [2.75, 3.05) is 24.7 Å². The number of sulfone groups is 1. The summed E-state index contributed by atoms with van der Waals surface area (Å²) in [7, 11) is -3.60. The third kappa shape index (κ3) is 4.78. The molecule has 12 nitrogen and oxygen atoms in total. The molecule has 2 aromatic carbocycles. The van der Waals surface area contributed by atoms with Gasteiger partial charge in [-0.05, 0) is 18.2 Å². The van der Waals surface area contributed by atoms with Crippen LogP contribution in [-0.4, -0.2) is 48.5 Å². The molecular weight excluding hydrogens is 430 g/mol. The van der Waals surface area contributed by atoms with Crippen LogP contribution in [0.4, 0.5) is 17.1 Å². The van der Waals surface area contributed by atoms with Gasteiger partial charge in [0.25, 0.3) is 17.3 Å². The molecule has 3 aromatic rings. The van der Waals surface area contributed by atoms with Gasteiger partial charge in [-0.15, -0.1) is 0 Å². The molecule has 0 atom stereocenters. The number of anilines is 1. The summed E-state index contributed by atoms with van der Waals surface area (Å²) in [6.07, 6.45) is 2.39. The maximum absolute atomic E-state index is 12.4. The lowest BCUT2D eigenvalue weighted by atomic mass is 10.1. The predicted octanol–water partition coefficient (Wildman–Crippen LogP) is 2.23. The van der Waals surface area contributed by atoms with Crippen molar-refractivity contribution in [3.8, 4) is 0 Å². The van der Waals surface area contributed by atoms with E-state index in [4.69, 9.17) is 0 Å². The van der Waals surface area contributed by atoms with Crippen LogP contribution in [0.3, 0.4) is 0 Å². The quantitative estimate of drug-likeness (QED) is 0.267. The Hall–Kier alpha value is -4.00. The minimum Gasteiger partial charge on any atom is -0.378 e. The molecule has 0 aliphatic rings. The molecule has 1 amide bonds. The molecule has 1 aromatic heterocycles. The SMILES string of the molecule is CS(=O)(=O)c1ccc(NCCNC(=O)c2c[nH]c3ccc([N+](=O)[O-])cc23)c([N+](=O)[O-])c1. The molecule has 13 heteroatoms. The van der Waals surface area contributed by atoms with E-state index in [0.29, 0.717) is 10.9 Å². The van der Waals surface area contributed by atoms with Crippen LogP contribution in [0.25, 0.3) is 10.9 Å². The molecule has 0 bridgehead atoms. The van der Waals surface area contributed by atoms with Crippen molar-refractivity contribution in [1.29, 1.82) is 0 Å². The Labute approximate surface area is 175 Å². The summed E-state index contributed by atoms with van der Waals surface area (Å²) in [5, 5.41) is 28.0. The van der Waals surface area contributed by atoms with Crippen LogP contribution in [0.2, 0.25) is 0 Å². The van der Waals surface area contributed by atoms with Gasteiger partial charge >= 0.3 is 0 Å². The minimum absolute atomic E-state index is 0.0887. The highest BCUT2D eigenvalue weighted by Gasteiger charge is 2.19. The third-order valence-corrected chi connectivity index (χ3v) is 5.55. The van der Waals surface area contributed by atoms with E-state index in [0.717, 1.165) is 12.3 Å². The highest BCUT2D eigenvalue weighted by molar-refractivity contribution is 7.90. The Morgan fingerprint density at radius 1 is 1.06 bits per heavy atom. The van der Waals surface area contributed by atoms with Crippen molar-refractivity contribution in [3.63, 3.8) is 0 Å². The molecule has 0 saturated heterocycles. The second-order valence-electron chi connectivity index (χ2n) is 6.58. The van der Waals surface area contributed by atoms with Gasteiger partial charge in [-0.25, -0.2) is 8.42 Å². The molecule has 0 saturated carbocycles. The number of aromatic nitrogens is 1. The van der Waals surface area contributed by atoms with Crippen LogP contribution in [0, 0.1) is 20.2 Å². The first kappa shape index (κ1) is 21.7. The monoisotopic (exact) mass is 447 g/mol. The Kier molecular flexibility index (Phi) is 5.88. The summed E-state index contributed by atoms with van der Waals surface area (Å²) in [4.78, 5) is 36.1. The molecule has 3 N–H and O–H groups in total. The van der Waals surface area contributed by atoms with Crippen LogP contribution in [0.15, 0.2) is 47.5 Å². The molecule has 1 heterocycles. The standard InChI is InChI=1S/C18H17N5O7S/c1-31(29,30)12-3-5-16(17(9-12)23(27)28)19-6-7-20-18(24)14-10-21-15-4-2-11(22(25)26)8-13(14)15/h2-5,8-10,19,21H,6-7H2,1H3,(H,20,24). The van der Waals surface area contributed by atoms with Crippen LogP contribution < -0.4 is 10.6 Å². The van der Waals surface area contributed by atoms with Crippen molar-refractivity contribution in [2.45, 2.75) is 4.90 Å². The first-order chi connectivity index (χ1) is 14.6. The number of benzene rings is 2. The van der Waals surface area contributed by atoms with Crippen LogP contribution >= 0.6 is 0 Å². The van der Waals surface area contributed by atoms with Crippen LogP contribution in [0.5, 0.6) is 0 Å². The zero-order valence-electron chi connectivity index (χ0n) is 16.1. The Morgan fingerprint density at radius 3 is 2.45 bits per heavy atom. The first-order valence-corrected chi connectivity index (χ1v) is 10.7. The van der Waals surface area contributed by atoms with Crippen molar-refractivity contribution in [1.82, 2.24) is 10.3 Å². The number of nitrogens with one attached hydrogen (secondary N) is 3. The zero-order chi connectivity index (χ0) is 22.8. The molecule has 0 aliphatic carbocycles. The fraction of sp³-hybridized carbons (Fsp3) is 0.167. The summed E-state index contributed by atoms with van der Waals surface area (Å²) in [6, 6.07) is 7.63. The highest BCUT2D eigenvalue weighted by Crippen LogP contribution is 2.27. The molecular formula is C18H17N5O7S. The van der Waals surface area contributed by atoms with Gasteiger partial charge in [-0.2, -0.15) is 0 Å². The van der Waals surface area contributed by atoms with E-state index in [1.165, 1.54) is 36.5 Å². The first-order valence-electron chi connectivity index (χ1n) is 8.84. The van der Waals surface area contributed by atoms with E-state index in [2.05, 4.69) is 15.6 Å². The maximum atomic E-state index is 12.4. The Bertz CT molecular complexity index is 1300. The average molecular weight is 447 g/mol. The van der Waals surface area contributed by atoms with E-state index in [9.17, 15) is 33.4 Å². The number of carbonyl (C=O) groups is 1. The fourth-order valence-corrected chi connectivity index (χ4v) is 3.56. The topological polar surface area (TPSA) is 177 Å². The summed E-state index contributed by atoms with van der Waals surface area (Å²) in [5.74, 6) is -0.476. The number of nitro benzene ring substituents is 2. The van der Waals surface area contributed by atoms with Gasteiger partial charge in [-0.3, -0.25) is 25.0 Å². The third-order valence-electron chi connectivity index (χ3n) is 4.44. The van der Waals surface area contributed by atoms with Gasteiger partial charge < -0.3 is 15.6 Å². The lowest BCUT2D eigenvalue weighted by molar-refractivity contribution is -0.384. The lowest BCUT2D eigenvalue weighted by Gasteiger charge is -2.09. The van der Waals surface area contributed by atoms with Gasteiger partial charge in [0.1, 0.15) is 5.69 Å². The number of aromatic amines is 1. The number of hydrogen-bond donors (Lipinski definition) is 3. The van der Waals surface area contributed by atoms with E-state index >= 15 is 0 Å². The number of non-ortho nitro benzene ring substituents is 1. The number of carbonyl (C=O) groups excluding carboxylic acids is 1. The van der Waals surface area contributed by atoms with Gasteiger partial charge in [0.2, 0.25) is 0 Å². The molecule has 31 heavy (non-hydrogen) atoms. The van der Waals surface area contributed by atoms with Crippen molar-refractivity contribution < 1.29 is 23.1 Å². The Balaban J connectivity index is 1.67. The molecule has 0 radical (unpaired) electrons. The van der Waals surface area contributed by atoms with E-state index in [-0.39, 0.29) is 34.9 Å². The van der Waals surface area contributed by atoms with E-state index in [1.807, 2.05) is 0 Å². The number of hydrogen-bond acceptors (Lipinski definition) is 8. The van der Waals surface area contributed by atoms with Gasteiger partial charge in [0, 0.05) is 54.6 Å². The summed E-state index contributed by atoms with van der Waals surface area (Å²) < 4.78 is 23.2. The van der Waals surface area contributed by atoms with Crippen LogP contribution in [0.1, 0.15) is 10.4 Å². The summed E-state index contributed by atoms with van der Waals surface area (Å²) >= 11 is 0. The largest absolute Gasteiger partial charge is 0.378 e. The van der Waals surface area contributed by atoms with Gasteiger partial charge in [-0.1, -0.05) is 0 Å².